The van der Waals surface area contributed by atoms with Crippen molar-refractivity contribution >= 4 is 29.4 Å². The molecule has 1 saturated heterocycles. The largest absolute Gasteiger partial charge is 0.383 e. The highest BCUT2D eigenvalue weighted by atomic mass is 16.1. The molecule has 1 aliphatic heterocycles. The van der Waals surface area contributed by atoms with Crippen LogP contribution in [0.1, 0.15) is 10.4 Å². The monoisotopic (exact) mass is 367 g/mol. The normalized spacial score (nSPS) is 14.6. The Morgan fingerprint density at radius 1 is 1.07 bits per heavy atom. The van der Waals surface area contributed by atoms with Gasteiger partial charge in [-0.1, -0.05) is 18.2 Å². The number of nitrogens with zero attached hydrogens (tertiary/aromatic N) is 2. The van der Waals surface area contributed by atoms with Gasteiger partial charge in [0.2, 0.25) is 6.41 Å². The van der Waals surface area contributed by atoms with E-state index in [-0.39, 0.29) is 0 Å². The van der Waals surface area contributed by atoms with Gasteiger partial charge in [-0.05, 0) is 30.3 Å². The van der Waals surface area contributed by atoms with Gasteiger partial charge in [-0.3, -0.25) is 14.5 Å². The molecule has 7 heteroatoms. The number of hydrogen-bond donors (Lipinski definition) is 3. The second-order valence-corrected chi connectivity index (χ2v) is 6.48. The minimum absolute atomic E-state index is 0.417. The van der Waals surface area contributed by atoms with Crippen LogP contribution in [0.2, 0.25) is 0 Å². The molecular formula is C20H25N5O2. The van der Waals surface area contributed by atoms with Crippen LogP contribution in [0.15, 0.2) is 48.5 Å². The molecule has 1 fully saturated rings. The lowest BCUT2D eigenvalue weighted by Crippen LogP contribution is -2.47. The van der Waals surface area contributed by atoms with Crippen LogP contribution in [0.4, 0.5) is 17.1 Å². The lowest BCUT2D eigenvalue weighted by Gasteiger charge is -2.36. The van der Waals surface area contributed by atoms with E-state index < -0.39 is 5.91 Å². The summed E-state index contributed by atoms with van der Waals surface area (Å²) in [6.45, 7) is 5.53. The van der Waals surface area contributed by atoms with Crippen LogP contribution in [0.3, 0.4) is 0 Å². The molecule has 2 aromatic carbocycles. The standard InChI is InChI=1S/C20H25N5O2/c21-20(27)18-7-6-16(23-15-26)14-19(18)22-8-9-24-10-12-25(13-11-24)17-4-2-1-3-5-17/h1-7,14-15,22H,8-13H2,(H2,21,27)(H,23,26). The number of amides is 2. The number of nitrogens with two attached hydrogens (primary N) is 1. The Labute approximate surface area is 159 Å². The van der Waals surface area contributed by atoms with Crippen molar-refractivity contribution in [3.05, 3.63) is 54.1 Å². The molecule has 0 aliphatic carbocycles. The highest BCUT2D eigenvalue weighted by molar-refractivity contribution is 5.99. The molecule has 1 heterocycles. The fraction of sp³-hybridized carbons (Fsp3) is 0.300. The number of carbonyl (C=O) groups is 2. The van der Waals surface area contributed by atoms with Crippen molar-refractivity contribution in [2.24, 2.45) is 5.73 Å². The van der Waals surface area contributed by atoms with Gasteiger partial charge in [0.25, 0.3) is 5.91 Å². The molecule has 142 valence electrons. The molecule has 27 heavy (non-hydrogen) atoms. The average molecular weight is 367 g/mol. The van der Waals surface area contributed by atoms with Crippen LogP contribution in [0.5, 0.6) is 0 Å². The minimum atomic E-state index is -0.494. The first kappa shape index (κ1) is 18.7. The zero-order chi connectivity index (χ0) is 19.1. The fourth-order valence-corrected chi connectivity index (χ4v) is 3.28. The Balaban J connectivity index is 1.51. The topological polar surface area (TPSA) is 90.7 Å². The molecule has 0 bridgehead atoms. The molecule has 3 rings (SSSR count). The molecule has 0 unspecified atom stereocenters. The molecule has 0 radical (unpaired) electrons. The quantitative estimate of drug-likeness (QED) is 0.617. The molecule has 0 aromatic heterocycles. The van der Waals surface area contributed by atoms with Gasteiger partial charge in [-0.25, -0.2) is 0 Å². The van der Waals surface area contributed by atoms with Crippen molar-refractivity contribution in [2.75, 3.05) is 54.8 Å². The zero-order valence-electron chi connectivity index (χ0n) is 15.2. The summed E-state index contributed by atoms with van der Waals surface area (Å²) in [5.74, 6) is -0.494. The number of anilines is 3. The number of primary amides is 1. The third kappa shape index (κ3) is 4.98. The fourth-order valence-electron chi connectivity index (χ4n) is 3.28. The van der Waals surface area contributed by atoms with Crippen molar-refractivity contribution in [1.82, 2.24) is 4.90 Å². The number of carbonyl (C=O) groups excluding carboxylic acids is 2. The van der Waals surface area contributed by atoms with Gasteiger partial charge in [-0.2, -0.15) is 0 Å². The lowest BCUT2D eigenvalue weighted by molar-refractivity contribution is -0.105. The van der Waals surface area contributed by atoms with Gasteiger partial charge in [0, 0.05) is 56.3 Å². The van der Waals surface area contributed by atoms with Gasteiger partial charge < -0.3 is 21.3 Å². The van der Waals surface area contributed by atoms with E-state index in [0.29, 0.717) is 29.9 Å². The maximum atomic E-state index is 11.6. The van der Waals surface area contributed by atoms with Crippen LogP contribution < -0.4 is 21.3 Å². The molecule has 2 amide bonds. The van der Waals surface area contributed by atoms with E-state index in [2.05, 4.69) is 44.7 Å². The first-order valence-corrected chi connectivity index (χ1v) is 9.07. The van der Waals surface area contributed by atoms with Crippen LogP contribution in [0, 0.1) is 0 Å². The molecule has 1 aliphatic rings. The summed E-state index contributed by atoms with van der Waals surface area (Å²) in [6, 6.07) is 15.4. The van der Waals surface area contributed by atoms with Crippen molar-refractivity contribution < 1.29 is 9.59 Å². The third-order valence-electron chi connectivity index (χ3n) is 4.75. The summed E-state index contributed by atoms with van der Waals surface area (Å²) in [5, 5.41) is 5.86. The Bertz CT molecular complexity index is 773. The number of para-hydroxylation sites is 1. The van der Waals surface area contributed by atoms with E-state index in [0.717, 1.165) is 32.7 Å². The number of hydrogen-bond acceptors (Lipinski definition) is 5. The highest BCUT2D eigenvalue weighted by Crippen LogP contribution is 2.20. The third-order valence-corrected chi connectivity index (χ3v) is 4.75. The zero-order valence-corrected chi connectivity index (χ0v) is 15.2. The number of benzene rings is 2. The Morgan fingerprint density at radius 2 is 1.81 bits per heavy atom. The van der Waals surface area contributed by atoms with E-state index in [1.165, 1.54) is 5.69 Å². The molecule has 0 atom stereocenters. The van der Waals surface area contributed by atoms with E-state index in [4.69, 9.17) is 5.73 Å². The Morgan fingerprint density at radius 3 is 2.48 bits per heavy atom. The van der Waals surface area contributed by atoms with Crippen molar-refractivity contribution in [3.8, 4) is 0 Å². The minimum Gasteiger partial charge on any atom is -0.383 e. The summed E-state index contributed by atoms with van der Waals surface area (Å²) in [7, 11) is 0. The summed E-state index contributed by atoms with van der Waals surface area (Å²) >= 11 is 0. The molecule has 7 nitrogen and oxygen atoms in total. The SMILES string of the molecule is NC(=O)c1ccc(NC=O)cc1NCCN1CCN(c2ccccc2)CC1. The summed E-state index contributed by atoms with van der Waals surface area (Å²) in [5.41, 5.74) is 8.38. The van der Waals surface area contributed by atoms with Crippen LogP contribution in [0.25, 0.3) is 0 Å². The Hall–Kier alpha value is -3.06. The van der Waals surface area contributed by atoms with E-state index in [9.17, 15) is 9.59 Å². The highest BCUT2D eigenvalue weighted by Gasteiger charge is 2.17. The smallest absolute Gasteiger partial charge is 0.250 e. The number of nitrogens with one attached hydrogen (secondary N) is 2. The van der Waals surface area contributed by atoms with E-state index in [1.54, 1.807) is 18.2 Å². The van der Waals surface area contributed by atoms with Crippen LogP contribution >= 0.6 is 0 Å². The van der Waals surface area contributed by atoms with Crippen LogP contribution in [-0.4, -0.2) is 56.5 Å². The molecule has 2 aromatic rings. The van der Waals surface area contributed by atoms with Gasteiger partial charge in [-0.15, -0.1) is 0 Å². The van der Waals surface area contributed by atoms with Crippen molar-refractivity contribution in [3.63, 3.8) is 0 Å². The van der Waals surface area contributed by atoms with Crippen molar-refractivity contribution in [2.45, 2.75) is 0 Å². The maximum Gasteiger partial charge on any atom is 0.250 e. The van der Waals surface area contributed by atoms with Gasteiger partial charge >= 0.3 is 0 Å². The maximum absolute atomic E-state index is 11.6. The summed E-state index contributed by atoms with van der Waals surface area (Å²) < 4.78 is 0. The van der Waals surface area contributed by atoms with E-state index in [1.807, 2.05) is 6.07 Å². The predicted octanol–water partition coefficient (Wildman–Crippen LogP) is 1.59. The summed E-state index contributed by atoms with van der Waals surface area (Å²) in [4.78, 5) is 27.0. The average Bonchev–Trinajstić information content (AvgIpc) is 2.69. The number of piperazine rings is 1. The van der Waals surface area contributed by atoms with Gasteiger partial charge in [0.05, 0.1) is 5.56 Å². The second kappa shape index (κ2) is 9.05. The summed E-state index contributed by atoms with van der Waals surface area (Å²) in [6.07, 6.45) is 0.606. The molecule has 0 spiro atoms. The predicted molar refractivity (Wildman–Crippen MR) is 108 cm³/mol. The second-order valence-electron chi connectivity index (χ2n) is 6.48. The van der Waals surface area contributed by atoms with Crippen LogP contribution in [-0.2, 0) is 4.79 Å². The molecular weight excluding hydrogens is 342 g/mol. The number of rotatable bonds is 8. The molecule has 4 N–H and O–H groups in total. The van der Waals surface area contributed by atoms with Gasteiger partial charge in [0.15, 0.2) is 0 Å². The molecule has 0 saturated carbocycles. The van der Waals surface area contributed by atoms with Gasteiger partial charge in [0.1, 0.15) is 0 Å². The van der Waals surface area contributed by atoms with Crippen molar-refractivity contribution in [1.29, 1.82) is 0 Å². The lowest BCUT2D eigenvalue weighted by atomic mass is 10.1. The van der Waals surface area contributed by atoms with E-state index >= 15 is 0 Å². The Kier molecular flexibility index (Phi) is 6.27. The first-order valence-electron chi connectivity index (χ1n) is 9.07. The first-order chi connectivity index (χ1) is 13.2.